The van der Waals surface area contributed by atoms with Gasteiger partial charge in [0.1, 0.15) is 23.7 Å². The number of aromatic nitrogens is 2. The van der Waals surface area contributed by atoms with Gasteiger partial charge in [-0.3, -0.25) is 4.79 Å². The second-order valence-corrected chi connectivity index (χ2v) is 7.74. The van der Waals surface area contributed by atoms with Crippen LogP contribution in [0.3, 0.4) is 0 Å². The average Bonchev–Trinajstić information content (AvgIpc) is 2.77. The Morgan fingerprint density at radius 1 is 1.32 bits per heavy atom. The zero-order valence-electron chi connectivity index (χ0n) is 16.6. The highest BCUT2D eigenvalue weighted by Gasteiger charge is 2.23. The molecule has 1 amide bonds. The Morgan fingerprint density at radius 2 is 2.16 bits per heavy atom. The fraction of sp³-hybridized carbons (Fsp3) is 0.227. The van der Waals surface area contributed by atoms with Crippen LogP contribution in [-0.2, 0) is 4.79 Å². The standard InChI is InChI=1S/C22H21ClFN5O2/c1-2-21(31)29-7-3-4-14(11-29)27-19-9-15-18(10-20(19)30)25-12-26-22(15)28-13-5-6-17(24)16(23)8-13/h2,5-6,8-10,12,14,27,30H,1,3-4,7,11H2,(H,25,26,28). The summed E-state index contributed by atoms with van der Waals surface area (Å²) in [6.07, 6.45) is 4.41. The Balaban J connectivity index is 1.62. The van der Waals surface area contributed by atoms with Gasteiger partial charge in [0.2, 0.25) is 5.91 Å². The summed E-state index contributed by atoms with van der Waals surface area (Å²) in [7, 11) is 0. The molecule has 4 rings (SSSR count). The molecule has 1 aliphatic rings. The molecule has 0 saturated carbocycles. The molecule has 1 aromatic heterocycles. The van der Waals surface area contributed by atoms with Crippen LogP contribution in [-0.4, -0.2) is 45.0 Å². The SMILES string of the molecule is C=CC(=O)N1CCCC(Nc2cc3c(Nc4ccc(F)c(Cl)c4)ncnc3cc2O)C1. The number of rotatable bonds is 5. The Kier molecular flexibility index (Phi) is 5.90. The minimum Gasteiger partial charge on any atom is -0.506 e. The number of phenolic OH excluding ortho intramolecular Hbond substituents is 1. The molecule has 0 bridgehead atoms. The predicted molar refractivity (Wildman–Crippen MR) is 119 cm³/mol. The third kappa shape index (κ3) is 4.54. The first-order valence-electron chi connectivity index (χ1n) is 9.82. The molecule has 160 valence electrons. The molecule has 2 heterocycles. The lowest BCUT2D eigenvalue weighted by atomic mass is 10.0. The molecular formula is C22H21ClFN5O2. The first kappa shape index (κ1) is 20.9. The van der Waals surface area contributed by atoms with Gasteiger partial charge in [0, 0.05) is 36.3 Å². The first-order valence-corrected chi connectivity index (χ1v) is 10.2. The van der Waals surface area contributed by atoms with Crippen LogP contribution in [0.15, 0.2) is 49.3 Å². The quantitative estimate of drug-likeness (QED) is 0.400. The third-order valence-electron chi connectivity index (χ3n) is 5.20. The number of anilines is 3. The van der Waals surface area contributed by atoms with Crippen molar-refractivity contribution in [3.05, 3.63) is 60.2 Å². The Bertz CT molecular complexity index is 1160. The number of nitrogens with one attached hydrogen (secondary N) is 2. The summed E-state index contributed by atoms with van der Waals surface area (Å²) >= 11 is 5.87. The fourth-order valence-electron chi connectivity index (χ4n) is 3.66. The maximum absolute atomic E-state index is 13.5. The molecule has 31 heavy (non-hydrogen) atoms. The minimum absolute atomic E-state index is 0.000661. The molecule has 1 aliphatic heterocycles. The van der Waals surface area contributed by atoms with Gasteiger partial charge in [0.05, 0.1) is 16.2 Å². The van der Waals surface area contributed by atoms with E-state index in [9.17, 15) is 14.3 Å². The third-order valence-corrected chi connectivity index (χ3v) is 5.49. The van der Waals surface area contributed by atoms with Gasteiger partial charge in [0.25, 0.3) is 0 Å². The second-order valence-electron chi connectivity index (χ2n) is 7.33. The Labute approximate surface area is 183 Å². The number of amides is 1. The molecule has 9 heteroatoms. The lowest BCUT2D eigenvalue weighted by Crippen LogP contribution is -2.44. The number of nitrogens with zero attached hydrogens (tertiary/aromatic N) is 3. The van der Waals surface area contributed by atoms with Crippen molar-refractivity contribution in [2.24, 2.45) is 0 Å². The summed E-state index contributed by atoms with van der Waals surface area (Å²) < 4.78 is 13.5. The average molecular weight is 442 g/mol. The lowest BCUT2D eigenvalue weighted by molar-refractivity contribution is -0.127. The van der Waals surface area contributed by atoms with E-state index in [1.54, 1.807) is 23.1 Å². The van der Waals surface area contributed by atoms with Crippen LogP contribution < -0.4 is 10.6 Å². The van der Waals surface area contributed by atoms with Crippen molar-refractivity contribution < 1.29 is 14.3 Å². The highest BCUT2D eigenvalue weighted by molar-refractivity contribution is 6.31. The van der Waals surface area contributed by atoms with Crippen molar-refractivity contribution in [1.29, 1.82) is 0 Å². The van der Waals surface area contributed by atoms with Crippen molar-refractivity contribution in [3.63, 3.8) is 0 Å². The van der Waals surface area contributed by atoms with Crippen LogP contribution in [0.25, 0.3) is 10.9 Å². The number of halogens is 2. The van der Waals surface area contributed by atoms with E-state index in [2.05, 4.69) is 27.2 Å². The number of carbonyl (C=O) groups is 1. The Morgan fingerprint density at radius 3 is 2.94 bits per heavy atom. The van der Waals surface area contributed by atoms with E-state index in [-0.39, 0.29) is 22.7 Å². The van der Waals surface area contributed by atoms with Gasteiger partial charge < -0.3 is 20.6 Å². The van der Waals surface area contributed by atoms with E-state index < -0.39 is 5.82 Å². The molecule has 0 radical (unpaired) electrons. The largest absolute Gasteiger partial charge is 0.506 e. The minimum atomic E-state index is -0.507. The van der Waals surface area contributed by atoms with E-state index in [1.165, 1.54) is 24.5 Å². The summed E-state index contributed by atoms with van der Waals surface area (Å²) in [5.41, 5.74) is 1.63. The van der Waals surface area contributed by atoms with Gasteiger partial charge in [-0.25, -0.2) is 14.4 Å². The summed E-state index contributed by atoms with van der Waals surface area (Å²) in [4.78, 5) is 22.2. The highest BCUT2D eigenvalue weighted by atomic mass is 35.5. The molecule has 3 aromatic rings. The van der Waals surface area contributed by atoms with E-state index in [0.29, 0.717) is 41.2 Å². The van der Waals surface area contributed by atoms with Gasteiger partial charge in [-0.2, -0.15) is 0 Å². The smallest absolute Gasteiger partial charge is 0.246 e. The second kappa shape index (κ2) is 8.77. The number of benzene rings is 2. The predicted octanol–water partition coefficient (Wildman–Crippen LogP) is 4.46. The number of likely N-dealkylation sites (tertiary alicyclic amines) is 1. The van der Waals surface area contributed by atoms with Crippen molar-refractivity contribution in [2.75, 3.05) is 23.7 Å². The van der Waals surface area contributed by atoms with Crippen molar-refractivity contribution in [3.8, 4) is 5.75 Å². The number of fused-ring (bicyclic) bond motifs is 1. The lowest BCUT2D eigenvalue weighted by Gasteiger charge is -2.33. The molecular weight excluding hydrogens is 421 g/mol. The molecule has 0 spiro atoms. The van der Waals surface area contributed by atoms with Crippen LogP contribution in [0.4, 0.5) is 21.6 Å². The normalized spacial score (nSPS) is 16.2. The van der Waals surface area contributed by atoms with Crippen LogP contribution >= 0.6 is 11.6 Å². The molecule has 1 unspecified atom stereocenters. The molecule has 0 aliphatic carbocycles. The number of phenols is 1. The van der Waals surface area contributed by atoms with Gasteiger partial charge in [-0.15, -0.1) is 0 Å². The monoisotopic (exact) mass is 441 g/mol. The van der Waals surface area contributed by atoms with Gasteiger partial charge in [0.15, 0.2) is 0 Å². The van der Waals surface area contributed by atoms with Crippen LogP contribution in [0.1, 0.15) is 12.8 Å². The van der Waals surface area contributed by atoms with Crippen molar-refractivity contribution in [2.45, 2.75) is 18.9 Å². The van der Waals surface area contributed by atoms with Crippen LogP contribution in [0.5, 0.6) is 5.75 Å². The van der Waals surface area contributed by atoms with E-state index >= 15 is 0 Å². The molecule has 1 fully saturated rings. The van der Waals surface area contributed by atoms with Crippen LogP contribution in [0.2, 0.25) is 5.02 Å². The number of hydrogen-bond donors (Lipinski definition) is 3. The highest BCUT2D eigenvalue weighted by Crippen LogP contribution is 2.34. The van der Waals surface area contributed by atoms with E-state index in [1.807, 2.05) is 0 Å². The van der Waals surface area contributed by atoms with E-state index in [0.717, 1.165) is 12.8 Å². The summed E-state index contributed by atoms with van der Waals surface area (Å²) in [6.45, 7) is 4.76. The maximum atomic E-state index is 13.5. The van der Waals surface area contributed by atoms with Crippen molar-refractivity contribution in [1.82, 2.24) is 14.9 Å². The van der Waals surface area contributed by atoms with Gasteiger partial charge in [-0.1, -0.05) is 18.2 Å². The fourth-order valence-corrected chi connectivity index (χ4v) is 3.84. The number of piperidine rings is 1. The topological polar surface area (TPSA) is 90.4 Å². The van der Waals surface area contributed by atoms with Crippen molar-refractivity contribution >= 4 is 45.6 Å². The summed E-state index contributed by atoms with van der Waals surface area (Å²) in [5.74, 6) is -0.0725. The van der Waals surface area contributed by atoms with Crippen LogP contribution in [0, 0.1) is 5.82 Å². The van der Waals surface area contributed by atoms with Gasteiger partial charge >= 0.3 is 0 Å². The van der Waals surface area contributed by atoms with Gasteiger partial charge in [-0.05, 0) is 43.2 Å². The Hall–Kier alpha value is -3.39. The zero-order chi connectivity index (χ0) is 22.0. The molecule has 2 aromatic carbocycles. The molecule has 3 N–H and O–H groups in total. The first-order chi connectivity index (χ1) is 14.9. The summed E-state index contributed by atoms with van der Waals surface area (Å²) in [6, 6.07) is 7.59. The van der Waals surface area contributed by atoms with E-state index in [4.69, 9.17) is 11.6 Å². The number of aromatic hydroxyl groups is 1. The summed E-state index contributed by atoms with van der Waals surface area (Å²) in [5, 5.41) is 17.6. The number of hydrogen-bond acceptors (Lipinski definition) is 6. The maximum Gasteiger partial charge on any atom is 0.246 e. The molecule has 7 nitrogen and oxygen atoms in total. The zero-order valence-corrected chi connectivity index (χ0v) is 17.4. The number of carbonyl (C=O) groups excluding carboxylic acids is 1. The molecule has 1 saturated heterocycles. The molecule has 1 atom stereocenters.